The molecule has 0 aliphatic carbocycles. The molecule has 3 heterocycles. The van der Waals surface area contributed by atoms with Crippen molar-refractivity contribution in [2.75, 3.05) is 13.1 Å². The van der Waals surface area contributed by atoms with Crippen LogP contribution in [-0.4, -0.2) is 34.0 Å². The Kier molecular flexibility index (Phi) is 5.74. The molecule has 3 aromatic rings. The molecule has 0 bridgehead atoms. The largest absolute Gasteiger partial charge is 0.361 e. The fourth-order valence-electron chi connectivity index (χ4n) is 4.20. The third-order valence-electron chi connectivity index (χ3n) is 5.84. The van der Waals surface area contributed by atoms with E-state index in [9.17, 15) is 4.79 Å². The highest BCUT2D eigenvalue weighted by Gasteiger charge is 2.25. The van der Waals surface area contributed by atoms with Gasteiger partial charge in [-0.2, -0.15) is 0 Å². The van der Waals surface area contributed by atoms with E-state index in [1.807, 2.05) is 49.2 Å². The number of amides is 1. The summed E-state index contributed by atoms with van der Waals surface area (Å²) >= 11 is 0. The first kappa shape index (κ1) is 19.4. The van der Waals surface area contributed by atoms with Crippen LogP contribution >= 0.6 is 0 Å². The maximum atomic E-state index is 12.6. The summed E-state index contributed by atoms with van der Waals surface area (Å²) < 4.78 is 5.32. The summed E-state index contributed by atoms with van der Waals surface area (Å²) in [4.78, 5) is 19.2. The molecule has 0 spiro atoms. The summed E-state index contributed by atoms with van der Waals surface area (Å²) in [5, 5.41) is 4.06. The van der Waals surface area contributed by atoms with Gasteiger partial charge in [0.2, 0.25) is 5.91 Å². The highest BCUT2D eigenvalue weighted by Crippen LogP contribution is 2.32. The molecule has 1 aromatic carbocycles. The van der Waals surface area contributed by atoms with Crippen LogP contribution in [0.4, 0.5) is 0 Å². The zero-order valence-corrected chi connectivity index (χ0v) is 17.1. The van der Waals surface area contributed by atoms with Crippen molar-refractivity contribution in [3.63, 3.8) is 0 Å². The first-order valence-corrected chi connectivity index (χ1v) is 10.3. The molecular formula is C24H27N3O2. The van der Waals surface area contributed by atoms with Crippen LogP contribution in [0.2, 0.25) is 0 Å². The zero-order valence-electron chi connectivity index (χ0n) is 17.1. The Morgan fingerprint density at radius 1 is 1.14 bits per heavy atom. The highest BCUT2D eigenvalue weighted by atomic mass is 16.5. The monoisotopic (exact) mass is 389 g/mol. The normalized spacial score (nSPS) is 14.9. The maximum absolute atomic E-state index is 12.6. The van der Waals surface area contributed by atoms with Gasteiger partial charge in [0.1, 0.15) is 5.76 Å². The van der Waals surface area contributed by atoms with E-state index in [4.69, 9.17) is 4.52 Å². The molecule has 0 radical (unpaired) electrons. The van der Waals surface area contributed by atoms with Crippen molar-refractivity contribution in [2.24, 2.45) is 0 Å². The van der Waals surface area contributed by atoms with Crippen LogP contribution in [0.1, 0.15) is 47.9 Å². The second-order valence-corrected chi connectivity index (χ2v) is 7.81. The maximum Gasteiger partial charge on any atom is 0.222 e. The number of benzene rings is 1. The smallest absolute Gasteiger partial charge is 0.222 e. The van der Waals surface area contributed by atoms with Gasteiger partial charge in [0.25, 0.3) is 0 Å². The van der Waals surface area contributed by atoms with Gasteiger partial charge in [0.05, 0.1) is 5.69 Å². The molecule has 1 saturated heterocycles. The van der Waals surface area contributed by atoms with E-state index in [2.05, 4.69) is 28.3 Å². The van der Waals surface area contributed by atoms with E-state index in [1.54, 1.807) is 0 Å². The standard InChI is InChI=1S/C24H27N3O2/c1-17-24(18(2)29-26-17)21-10-13-25-22(16-21)20-11-14-27(15-12-20)23(28)9-8-19-6-4-3-5-7-19/h3-7,10,13,16,20H,8-9,11-12,14-15H2,1-2H3. The number of aromatic nitrogens is 2. The Morgan fingerprint density at radius 3 is 2.59 bits per heavy atom. The number of carbonyl (C=O) groups excluding carboxylic acids is 1. The van der Waals surface area contributed by atoms with Crippen molar-refractivity contribution in [1.82, 2.24) is 15.0 Å². The summed E-state index contributed by atoms with van der Waals surface area (Å²) in [7, 11) is 0. The van der Waals surface area contributed by atoms with Crippen LogP contribution in [0, 0.1) is 13.8 Å². The minimum Gasteiger partial charge on any atom is -0.361 e. The molecule has 1 aliphatic heterocycles. The predicted molar refractivity (Wildman–Crippen MR) is 113 cm³/mol. The Balaban J connectivity index is 1.36. The Morgan fingerprint density at radius 2 is 1.90 bits per heavy atom. The highest BCUT2D eigenvalue weighted by molar-refractivity contribution is 5.76. The lowest BCUT2D eigenvalue weighted by molar-refractivity contribution is -0.132. The fourth-order valence-corrected chi connectivity index (χ4v) is 4.20. The molecule has 150 valence electrons. The van der Waals surface area contributed by atoms with Crippen molar-refractivity contribution in [3.05, 3.63) is 71.4 Å². The summed E-state index contributed by atoms with van der Waals surface area (Å²) in [6, 6.07) is 14.4. The molecule has 1 amide bonds. The lowest BCUT2D eigenvalue weighted by Gasteiger charge is -2.32. The number of rotatable bonds is 5. The Labute approximate surface area is 171 Å². The lowest BCUT2D eigenvalue weighted by atomic mass is 9.91. The second kappa shape index (κ2) is 8.60. The zero-order chi connectivity index (χ0) is 20.2. The van der Waals surface area contributed by atoms with Gasteiger partial charge in [-0.25, -0.2) is 0 Å². The number of pyridine rings is 1. The molecule has 5 nitrogen and oxygen atoms in total. The van der Waals surface area contributed by atoms with Gasteiger partial charge >= 0.3 is 0 Å². The number of likely N-dealkylation sites (tertiary alicyclic amines) is 1. The average Bonchev–Trinajstić information content (AvgIpc) is 3.11. The number of piperidine rings is 1. The van der Waals surface area contributed by atoms with E-state index in [-0.39, 0.29) is 5.91 Å². The molecule has 0 saturated carbocycles. The van der Waals surface area contributed by atoms with Crippen molar-refractivity contribution in [1.29, 1.82) is 0 Å². The number of carbonyl (C=O) groups is 1. The summed E-state index contributed by atoms with van der Waals surface area (Å²) in [5.41, 5.74) is 5.38. The Hall–Kier alpha value is -2.95. The van der Waals surface area contributed by atoms with Crippen molar-refractivity contribution in [3.8, 4) is 11.1 Å². The van der Waals surface area contributed by atoms with Crippen molar-refractivity contribution < 1.29 is 9.32 Å². The van der Waals surface area contributed by atoms with Gasteiger partial charge < -0.3 is 9.42 Å². The molecule has 0 atom stereocenters. The van der Waals surface area contributed by atoms with E-state index in [0.717, 1.165) is 60.6 Å². The molecule has 1 aliphatic rings. The van der Waals surface area contributed by atoms with Crippen LogP contribution in [0.3, 0.4) is 0 Å². The SMILES string of the molecule is Cc1noc(C)c1-c1ccnc(C2CCN(C(=O)CCc3ccccc3)CC2)c1. The van der Waals surface area contributed by atoms with Gasteiger partial charge in [-0.1, -0.05) is 35.5 Å². The van der Waals surface area contributed by atoms with Gasteiger partial charge in [-0.3, -0.25) is 9.78 Å². The first-order valence-electron chi connectivity index (χ1n) is 10.3. The van der Waals surface area contributed by atoms with E-state index in [0.29, 0.717) is 12.3 Å². The van der Waals surface area contributed by atoms with Crippen LogP contribution in [-0.2, 0) is 11.2 Å². The molecule has 0 unspecified atom stereocenters. The number of hydrogen-bond donors (Lipinski definition) is 0. The first-order chi connectivity index (χ1) is 14.1. The lowest BCUT2D eigenvalue weighted by Crippen LogP contribution is -2.38. The molecular weight excluding hydrogens is 362 g/mol. The van der Waals surface area contributed by atoms with E-state index < -0.39 is 0 Å². The van der Waals surface area contributed by atoms with E-state index >= 15 is 0 Å². The topological polar surface area (TPSA) is 59.2 Å². The molecule has 4 rings (SSSR count). The molecule has 2 aromatic heterocycles. The van der Waals surface area contributed by atoms with Gasteiger partial charge in [0.15, 0.2) is 0 Å². The van der Waals surface area contributed by atoms with Gasteiger partial charge in [0, 0.05) is 42.9 Å². The van der Waals surface area contributed by atoms with Crippen LogP contribution in [0.15, 0.2) is 53.2 Å². The molecule has 0 N–H and O–H groups in total. The summed E-state index contributed by atoms with van der Waals surface area (Å²) in [5.74, 6) is 1.47. The Bertz CT molecular complexity index is 953. The predicted octanol–water partition coefficient (Wildman–Crippen LogP) is 4.69. The number of hydrogen-bond acceptors (Lipinski definition) is 4. The third-order valence-corrected chi connectivity index (χ3v) is 5.84. The van der Waals surface area contributed by atoms with Gasteiger partial charge in [-0.05, 0) is 56.4 Å². The van der Waals surface area contributed by atoms with Crippen molar-refractivity contribution in [2.45, 2.75) is 45.4 Å². The third kappa shape index (κ3) is 4.39. The second-order valence-electron chi connectivity index (χ2n) is 7.81. The molecule has 1 fully saturated rings. The minimum atomic E-state index is 0.254. The summed E-state index contributed by atoms with van der Waals surface area (Å²) in [6.07, 6.45) is 5.16. The molecule has 29 heavy (non-hydrogen) atoms. The van der Waals surface area contributed by atoms with E-state index in [1.165, 1.54) is 5.56 Å². The fraction of sp³-hybridized carbons (Fsp3) is 0.375. The average molecular weight is 389 g/mol. The van der Waals surface area contributed by atoms with Gasteiger partial charge in [-0.15, -0.1) is 0 Å². The van der Waals surface area contributed by atoms with Crippen LogP contribution in [0.5, 0.6) is 0 Å². The minimum absolute atomic E-state index is 0.254. The van der Waals surface area contributed by atoms with Crippen LogP contribution < -0.4 is 0 Å². The van der Waals surface area contributed by atoms with Crippen LogP contribution in [0.25, 0.3) is 11.1 Å². The quantitative estimate of drug-likeness (QED) is 0.635. The number of nitrogens with zero attached hydrogens (tertiary/aromatic N) is 3. The summed E-state index contributed by atoms with van der Waals surface area (Å²) in [6.45, 7) is 5.51. The molecule has 5 heteroatoms. The van der Waals surface area contributed by atoms with Crippen molar-refractivity contribution >= 4 is 5.91 Å². The number of aryl methyl sites for hydroxylation is 3.